The number of rotatable bonds is 6. The van der Waals surface area contributed by atoms with Gasteiger partial charge in [-0.05, 0) is 61.3 Å². The van der Waals surface area contributed by atoms with E-state index in [2.05, 4.69) is 28.8 Å². The second kappa shape index (κ2) is 7.76. The Morgan fingerprint density at radius 3 is 2.47 bits per heavy atom. The van der Waals surface area contributed by atoms with Gasteiger partial charge in [0.25, 0.3) is 5.91 Å². The molecular weight excluding hydrogens is 402 g/mol. The van der Waals surface area contributed by atoms with Crippen molar-refractivity contribution >= 4 is 17.8 Å². The van der Waals surface area contributed by atoms with Crippen LogP contribution in [0.5, 0.6) is 0 Å². The van der Waals surface area contributed by atoms with Gasteiger partial charge in [0.1, 0.15) is 12.1 Å². The molecule has 0 spiro atoms. The molecule has 0 bridgehead atoms. The van der Waals surface area contributed by atoms with Gasteiger partial charge in [-0.3, -0.25) is 14.5 Å². The van der Waals surface area contributed by atoms with Crippen LogP contribution in [0.4, 0.5) is 4.79 Å². The van der Waals surface area contributed by atoms with Crippen molar-refractivity contribution in [1.29, 1.82) is 0 Å². The van der Waals surface area contributed by atoms with Gasteiger partial charge in [0.05, 0.1) is 0 Å². The smallest absolute Gasteiger partial charge is 0.325 e. The quantitative estimate of drug-likeness (QED) is 0.690. The molecule has 2 aliphatic carbocycles. The van der Waals surface area contributed by atoms with Gasteiger partial charge in [-0.15, -0.1) is 0 Å². The first kappa shape index (κ1) is 20.7. The van der Waals surface area contributed by atoms with E-state index in [0.29, 0.717) is 6.54 Å². The van der Waals surface area contributed by atoms with Gasteiger partial charge in [-0.25, -0.2) is 4.79 Å². The Kier molecular flexibility index (Phi) is 5.03. The summed E-state index contributed by atoms with van der Waals surface area (Å²) in [6, 6.07) is 15.7. The fourth-order valence-electron chi connectivity index (χ4n) is 5.35. The normalized spacial score (nSPS) is 23.5. The van der Waals surface area contributed by atoms with E-state index in [1.807, 2.05) is 30.3 Å². The van der Waals surface area contributed by atoms with Crippen LogP contribution in [0.2, 0.25) is 0 Å². The van der Waals surface area contributed by atoms with E-state index in [-0.39, 0.29) is 23.8 Å². The third kappa shape index (κ3) is 3.38. The predicted molar refractivity (Wildman–Crippen MR) is 121 cm³/mol. The maximum Gasteiger partial charge on any atom is 0.325 e. The second-order valence-corrected chi connectivity index (χ2v) is 9.56. The van der Waals surface area contributed by atoms with Crippen molar-refractivity contribution in [2.75, 3.05) is 13.1 Å². The lowest BCUT2D eigenvalue weighted by Crippen LogP contribution is -2.49. The van der Waals surface area contributed by atoms with Gasteiger partial charge in [-0.1, -0.05) is 55.0 Å². The van der Waals surface area contributed by atoms with Crippen LogP contribution in [-0.4, -0.2) is 35.8 Å². The maximum absolute atomic E-state index is 13.2. The Hall–Kier alpha value is -3.15. The highest BCUT2D eigenvalue weighted by molar-refractivity contribution is 6.09. The SMILES string of the molecule is CC1(c2ccc3c(c2)CCC3)NC(=O)N(CC(=O)NCC2(c3ccccc3)CCC2)C1=O. The van der Waals surface area contributed by atoms with Crippen molar-refractivity contribution in [3.8, 4) is 0 Å². The summed E-state index contributed by atoms with van der Waals surface area (Å²) < 4.78 is 0. The molecule has 2 aromatic carbocycles. The van der Waals surface area contributed by atoms with Crippen molar-refractivity contribution in [2.45, 2.75) is 56.4 Å². The van der Waals surface area contributed by atoms with Crippen LogP contribution in [0.3, 0.4) is 0 Å². The summed E-state index contributed by atoms with van der Waals surface area (Å²) in [6.07, 6.45) is 6.36. The highest BCUT2D eigenvalue weighted by atomic mass is 16.2. The van der Waals surface area contributed by atoms with E-state index in [0.717, 1.165) is 49.0 Å². The van der Waals surface area contributed by atoms with Gasteiger partial charge in [0.2, 0.25) is 5.91 Å². The molecule has 4 amide bonds. The van der Waals surface area contributed by atoms with Gasteiger partial charge in [-0.2, -0.15) is 0 Å². The molecular formula is C26H29N3O3. The number of imide groups is 1. The zero-order chi connectivity index (χ0) is 22.3. The van der Waals surface area contributed by atoms with E-state index in [9.17, 15) is 14.4 Å². The van der Waals surface area contributed by atoms with E-state index in [4.69, 9.17) is 0 Å². The fourth-order valence-corrected chi connectivity index (χ4v) is 5.35. The van der Waals surface area contributed by atoms with E-state index in [1.165, 1.54) is 16.7 Å². The summed E-state index contributed by atoms with van der Waals surface area (Å²) in [5, 5.41) is 5.80. The first-order valence-corrected chi connectivity index (χ1v) is 11.5. The monoisotopic (exact) mass is 431 g/mol. The molecule has 32 heavy (non-hydrogen) atoms. The van der Waals surface area contributed by atoms with Crippen LogP contribution in [0.1, 0.15) is 54.9 Å². The summed E-state index contributed by atoms with van der Waals surface area (Å²) in [6.45, 7) is 1.97. The van der Waals surface area contributed by atoms with Crippen LogP contribution >= 0.6 is 0 Å². The van der Waals surface area contributed by atoms with Crippen molar-refractivity contribution in [3.63, 3.8) is 0 Å². The molecule has 1 saturated carbocycles. The number of hydrogen-bond donors (Lipinski definition) is 2. The molecule has 6 nitrogen and oxygen atoms in total. The lowest BCUT2D eigenvalue weighted by atomic mass is 9.64. The summed E-state index contributed by atoms with van der Waals surface area (Å²) in [4.78, 5) is 39.6. The molecule has 166 valence electrons. The molecule has 0 aromatic heterocycles. The van der Waals surface area contributed by atoms with Crippen LogP contribution < -0.4 is 10.6 Å². The number of fused-ring (bicyclic) bond motifs is 1. The first-order chi connectivity index (χ1) is 15.4. The maximum atomic E-state index is 13.2. The number of nitrogens with one attached hydrogen (secondary N) is 2. The topological polar surface area (TPSA) is 78.5 Å². The van der Waals surface area contributed by atoms with Crippen molar-refractivity contribution in [1.82, 2.24) is 15.5 Å². The standard InChI is InChI=1S/C26H29N3O3/c1-25(21-12-11-18-7-5-8-19(18)15-21)23(31)29(24(32)28-25)16-22(30)27-17-26(13-6-14-26)20-9-3-2-4-10-20/h2-4,9-12,15H,5-8,13-14,16-17H2,1H3,(H,27,30)(H,28,32). The Balaban J connectivity index is 1.26. The summed E-state index contributed by atoms with van der Waals surface area (Å²) in [7, 11) is 0. The molecule has 2 aromatic rings. The average Bonchev–Trinajstić information content (AvgIpc) is 3.32. The number of aryl methyl sites for hydroxylation is 2. The van der Waals surface area contributed by atoms with Crippen molar-refractivity contribution < 1.29 is 14.4 Å². The predicted octanol–water partition coefficient (Wildman–Crippen LogP) is 3.18. The number of benzene rings is 2. The molecule has 1 heterocycles. The first-order valence-electron chi connectivity index (χ1n) is 11.5. The molecule has 1 saturated heterocycles. The third-order valence-corrected chi connectivity index (χ3v) is 7.57. The van der Waals surface area contributed by atoms with Gasteiger partial charge >= 0.3 is 6.03 Å². The molecule has 2 fully saturated rings. The van der Waals surface area contributed by atoms with Gasteiger partial charge < -0.3 is 10.6 Å². The van der Waals surface area contributed by atoms with Crippen LogP contribution in [0, 0.1) is 0 Å². The highest BCUT2D eigenvalue weighted by Gasteiger charge is 2.50. The third-order valence-electron chi connectivity index (χ3n) is 7.57. The van der Waals surface area contributed by atoms with Crippen molar-refractivity contribution in [3.05, 3.63) is 70.8 Å². The summed E-state index contributed by atoms with van der Waals surface area (Å²) in [5.74, 6) is -0.689. The summed E-state index contributed by atoms with van der Waals surface area (Å²) >= 11 is 0. The van der Waals surface area contributed by atoms with Crippen molar-refractivity contribution in [2.24, 2.45) is 0 Å². The number of carbonyl (C=O) groups is 3. The Morgan fingerprint density at radius 2 is 1.75 bits per heavy atom. The minimum Gasteiger partial charge on any atom is -0.354 e. The number of hydrogen-bond acceptors (Lipinski definition) is 3. The number of amides is 4. The molecule has 1 unspecified atom stereocenters. The van der Waals surface area contributed by atoms with E-state index in [1.54, 1.807) is 6.92 Å². The molecule has 6 heteroatoms. The minimum atomic E-state index is -1.14. The van der Waals surface area contributed by atoms with Crippen LogP contribution in [0.25, 0.3) is 0 Å². The highest BCUT2D eigenvalue weighted by Crippen LogP contribution is 2.43. The fraction of sp³-hybridized carbons (Fsp3) is 0.423. The molecule has 3 aliphatic rings. The molecule has 0 radical (unpaired) electrons. The molecule has 1 atom stereocenters. The Labute approximate surface area is 188 Å². The van der Waals surface area contributed by atoms with E-state index < -0.39 is 11.6 Å². The van der Waals surface area contributed by atoms with Gasteiger partial charge in [0, 0.05) is 12.0 Å². The molecule has 5 rings (SSSR count). The van der Waals surface area contributed by atoms with Crippen LogP contribution in [0.15, 0.2) is 48.5 Å². The lowest BCUT2D eigenvalue weighted by Gasteiger charge is -2.42. The number of nitrogens with zero attached hydrogens (tertiary/aromatic N) is 1. The zero-order valence-electron chi connectivity index (χ0n) is 18.4. The number of carbonyl (C=O) groups excluding carboxylic acids is 3. The van der Waals surface area contributed by atoms with Gasteiger partial charge in [0.15, 0.2) is 0 Å². The molecule has 2 N–H and O–H groups in total. The zero-order valence-corrected chi connectivity index (χ0v) is 18.4. The lowest BCUT2D eigenvalue weighted by molar-refractivity contribution is -0.134. The Morgan fingerprint density at radius 1 is 1.00 bits per heavy atom. The van der Waals surface area contributed by atoms with Crippen LogP contribution in [-0.2, 0) is 33.4 Å². The second-order valence-electron chi connectivity index (χ2n) is 9.56. The number of urea groups is 1. The minimum absolute atomic E-state index is 0.0485. The summed E-state index contributed by atoms with van der Waals surface area (Å²) in [5.41, 5.74) is 3.37. The van der Waals surface area contributed by atoms with E-state index >= 15 is 0 Å². The Bertz CT molecular complexity index is 1080. The largest absolute Gasteiger partial charge is 0.354 e. The average molecular weight is 432 g/mol. The molecule has 1 aliphatic heterocycles.